The Morgan fingerprint density at radius 3 is 2.36 bits per heavy atom. The molecular formula is C19H25N5O. The highest BCUT2D eigenvalue weighted by atomic mass is 16.2. The zero-order valence-corrected chi connectivity index (χ0v) is 14.9. The summed E-state index contributed by atoms with van der Waals surface area (Å²) < 4.78 is 0. The maximum absolute atomic E-state index is 12.7. The van der Waals surface area contributed by atoms with Crippen molar-refractivity contribution in [2.75, 3.05) is 44.7 Å². The summed E-state index contributed by atoms with van der Waals surface area (Å²) in [5.74, 6) is 0.763. The fraction of sp³-hybridized carbons (Fsp3) is 0.421. The van der Waals surface area contributed by atoms with Gasteiger partial charge in [-0.3, -0.25) is 4.79 Å². The number of benzene rings is 1. The Bertz CT molecular complexity index is 681. The average Bonchev–Trinajstić information content (AvgIpc) is 2.67. The highest BCUT2D eigenvalue weighted by molar-refractivity contribution is 5.92. The molecule has 6 nitrogen and oxygen atoms in total. The lowest BCUT2D eigenvalue weighted by molar-refractivity contribution is 0.0745. The maximum atomic E-state index is 12.7. The number of piperazine rings is 1. The first kappa shape index (κ1) is 17.4. The highest BCUT2D eigenvalue weighted by Gasteiger charge is 2.19. The number of anilines is 1. The van der Waals surface area contributed by atoms with Crippen molar-refractivity contribution in [3.05, 3.63) is 53.7 Å². The number of rotatable bonds is 5. The second kappa shape index (κ2) is 8.07. The first-order chi connectivity index (χ1) is 12.2. The Morgan fingerprint density at radius 1 is 1.04 bits per heavy atom. The van der Waals surface area contributed by atoms with E-state index < -0.39 is 0 Å². The molecule has 0 N–H and O–H groups in total. The number of hydrogen-bond donors (Lipinski definition) is 0. The Hall–Kier alpha value is -2.47. The molecule has 25 heavy (non-hydrogen) atoms. The molecule has 1 aromatic heterocycles. The zero-order valence-electron chi connectivity index (χ0n) is 14.9. The summed E-state index contributed by atoms with van der Waals surface area (Å²) in [6.07, 6.45) is 0. The quantitative estimate of drug-likeness (QED) is 0.833. The van der Waals surface area contributed by atoms with Crippen LogP contribution in [0.4, 0.5) is 5.82 Å². The van der Waals surface area contributed by atoms with Gasteiger partial charge in [0.05, 0.1) is 0 Å². The number of amides is 1. The molecule has 0 aliphatic carbocycles. The Morgan fingerprint density at radius 2 is 1.76 bits per heavy atom. The molecule has 1 amide bonds. The lowest BCUT2D eigenvalue weighted by atomic mass is 10.2. The van der Waals surface area contributed by atoms with E-state index in [4.69, 9.17) is 0 Å². The first-order valence-corrected chi connectivity index (χ1v) is 8.78. The molecular weight excluding hydrogens is 314 g/mol. The molecule has 1 fully saturated rings. The number of carbonyl (C=O) groups is 1. The summed E-state index contributed by atoms with van der Waals surface area (Å²) in [4.78, 5) is 19.0. The molecule has 0 saturated carbocycles. The number of likely N-dealkylation sites (N-methyl/N-ethyl adjacent to an activating group) is 1. The largest absolute Gasteiger partial charge is 0.353 e. The van der Waals surface area contributed by atoms with Gasteiger partial charge in [0.25, 0.3) is 5.91 Å². The number of hydrogen-bond acceptors (Lipinski definition) is 5. The third-order valence-corrected chi connectivity index (χ3v) is 4.58. The molecule has 2 aromatic rings. The van der Waals surface area contributed by atoms with Gasteiger partial charge in [0.2, 0.25) is 0 Å². The van der Waals surface area contributed by atoms with Crippen LogP contribution >= 0.6 is 0 Å². The van der Waals surface area contributed by atoms with Crippen molar-refractivity contribution >= 4 is 11.7 Å². The van der Waals surface area contributed by atoms with Crippen LogP contribution in [0.2, 0.25) is 0 Å². The Balaban J connectivity index is 1.67. The van der Waals surface area contributed by atoms with E-state index in [1.165, 1.54) is 0 Å². The van der Waals surface area contributed by atoms with Gasteiger partial charge in [0, 0.05) is 39.3 Å². The van der Waals surface area contributed by atoms with E-state index in [1.807, 2.05) is 43.3 Å². The standard InChI is InChI=1S/C19H25N5O/c1-3-23(15-16-7-5-4-6-8-16)19(25)17-9-10-18(21-20-17)24-13-11-22(2)12-14-24/h4-10H,3,11-15H2,1-2H3. The molecule has 0 radical (unpaired) electrons. The van der Waals surface area contributed by atoms with Crippen LogP contribution in [0.15, 0.2) is 42.5 Å². The second-order valence-corrected chi connectivity index (χ2v) is 6.37. The van der Waals surface area contributed by atoms with Crippen molar-refractivity contribution in [3.63, 3.8) is 0 Å². The fourth-order valence-corrected chi connectivity index (χ4v) is 2.94. The van der Waals surface area contributed by atoms with Crippen molar-refractivity contribution in [3.8, 4) is 0 Å². The van der Waals surface area contributed by atoms with Crippen LogP contribution in [-0.2, 0) is 6.54 Å². The monoisotopic (exact) mass is 339 g/mol. The van der Waals surface area contributed by atoms with E-state index in [2.05, 4.69) is 27.0 Å². The lowest BCUT2D eigenvalue weighted by Gasteiger charge is -2.32. The predicted octanol–water partition coefficient (Wildman–Crippen LogP) is 1.89. The Kier molecular flexibility index (Phi) is 5.60. The van der Waals surface area contributed by atoms with Gasteiger partial charge in [-0.05, 0) is 31.7 Å². The van der Waals surface area contributed by atoms with Crippen LogP contribution in [-0.4, -0.2) is 65.7 Å². The SMILES string of the molecule is CCN(Cc1ccccc1)C(=O)c1ccc(N2CCN(C)CC2)nn1. The van der Waals surface area contributed by atoms with E-state index in [-0.39, 0.29) is 5.91 Å². The van der Waals surface area contributed by atoms with Crippen LogP contribution < -0.4 is 4.90 Å². The summed E-state index contributed by atoms with van der Waals surface area (Å²) in [7, 11) is 2.12. The fourth-order valence-electron chi connectivity index (χ4n) is 2.94. The Labute approximate surface area is 149 Å². The van der Waals surface area contributed by atoms with Gasteiger partial charge in [-0.15, -0.1) is 10.2 Å². The molecule has 0 spiro atoms. The molecule has 2 heterocycles. The van der Waals surface area contributed by atoms with Gasteiger partial charge < -0.3 is 14.7 Å². The molecule has 0 bridgehead atoms. The zero-order chi connectivity index (χ0) is 17.6. The van der Waals surface area contributed by atoms with E-state index >= 15 is 0 Å². The molecule has 0 unspecified atom stereocenters. The number of aromatic nitrogens is 2. The van der Waals surface area contributed by atoms with Crippen LogP contribution in [0.1, 0.15) is 23.0 Å². The molecule has 132 valence electrons. The summed E-state index contributed by atoms with van der Waals surface area (Å²) in [5.41, 5.74) is 1.51. The van der Waals surface area contributed by atoms with E-state index in [0.717, 1.165) is 37.6 Å². The molecule has 3 rings (SSSR count). The minimum atomic E-state index is -0.0798. The van der Waals surface area contributed by atoms with Gasteiger partial charge in [0.15, 0.2) is 11.5 Å². The van der Waals surface area contributed by atoms with Crippen LogP contribution in [0.3, 0.4) is 0 Å². The first-order valence-electron chi connectivity index (χ1n) is 8.78. The van der Waals surface area contributed by atoms with Crippen molar-refractivity contribution in [1.29, 1.82) is 0 Å². The normalized spacial score (nSPS) is 15.2. The molecule has 1 aliphatic rings. The van der Waals surface area contributed by atoms with Crippen molar-refractivity contribution in [2.24, 2.45) is 0 Å². The number of carbonyl (C=O) groups excluding carboxylic acids is 1. The average molecular weight is 339 g/mol. The van der Waals surface area contributed by atoms with E-state index in [1.54, 1.807) is 11.0 Å². The van der Waals surface area contributed by atoms with Gasteiger partial charge in [-0.25, -0.2) is 0 Å². The molecule has 6 heteroatoms. The van der Waals surface area contributed by atoms with Crippen LogP contribution in [0.5, 0.6) is 0 Å². The summed E-state index contributed by atoms with van der Waals surface area (Å²) >= 11 is 0. The second-order valence-electron chi connectivity index (χ2n) is 6.37. The maximum Gasteiger partial charge on any atom is 0.274 e. The van der Waals surface area contributed by atoms with Gasteiger partial charge in [-0.2, -0.15) is 0 Å². The smallest absolute Gasteiger partial charge is 0.274 e. The minimum Gasteiger partial charge on any atom is -0.353 e. The molecule has 1 aromatic carbocycles. The minimum absolute atomic E-state index is 0.0798. The molecule has 1 aliphatic heterocycles. The van der Waals surface area contributed by atoms with Crippen molar-refractivity contribution in [2.45, 2.75) is 13.5 Å². The van der Waals surface area contributed by atoms with Crippen LogP contribution in [0.25, 0.3) is 0 Å². The van der Waals surface area contributed by atoms with Gasteiger partial charge >= 0.3 is 0 Å². The summed E-state index contributed by atoms with van der Waals surface area (Å²) in [5, 5.41) is 8.47. The van der Waals surface area contributed by atoms with Crippen molar-refractivity contribution < 1.29 is 4.79 Å². The third-order valence-electron chi connectivity index (χ3n) is 4.58. The van der Waals surface area contributed by atoms with Gasteiger partial charge in [0.1, 0.15) is 0 Å². The van der Waals surface area contributed by atoms with Crippen molar-refractivity contribution in [1.82, 2.24) is 20.0 Å². The highest BCUT2D eigenvalue weighted by Crippen LogP contribution is 2.14. The van der Waals surface area contributed by atoms with Crippen LogP contribution in [0, 0.1) is 0 Å². The lowest BCUT2D eigenvalue weighted by Crippen LogP contribution is -2.45. The van der Waals surface area contributed by atoms with E-state index in [9.17, 15) is 4.79 Å². The summed E-state index contributed by atoms with van der Waals surface area (Å²) in [6.45, 7) is 7.10. The topological polar surface area (TPSA) is 52.6 Å². The predicted molar refractivity (Wildman–Crippen MR) is 98.6 cm³/mol. The van der Waals surface area contributed by atoms with Gasteiger partial charge in [-0.1, -0.05) is 30.3 Å². The molecule has 0 atom stereocenters. The third kappa shape index (κ3) is 4.33. The molecule has 1 saturated heterocycles. The summed E-state index contributed by atoms with van der Waals surface area (Å²) in [6, 6.07) is 13.7. The van der Waals surface area contributed by atoms with E-state index in [0.29, 0.717) is 18.8 Å². The number of nitrogens with zero attached hydrogens (tertiary/aromatic N) is 5.